The van der Waals surface area contributed by atoms with E-state index in [0.717, 1.165) is 28.3 Å². The molecule has 0 radical (unpaired) electrons. The van der Waals surface area contributed by atoms with Crippen molar-refractivity contribution in [3.05, 3.63) is 88.9 Å². The first kappa shape index (κ1) is 32.0. The Labute approximate surface area is 248 Å². The lowest BCUT2D eigenvalue weighted by Gasteiger charge is -2.33. The zero-order valence-corrected chi connectivity index (χ0v) is 25.5. The number of halogens is 1. The molecule has 0 aliphatic heterocycles. The minimum absolute atomic E-state index is 0.0295. The summed E-state index contributed by atoms with van der Waals surface area (Å²) in [6, 6.07) is 19.3. The zero-order valence-electron chi connectivity index (χ0n) is 24.0. The van der Waals surface area contributed by atoms with Crippen molar-refractivity contribution >= 4 is 39.1 Å². The summed E-state index contributed by atoms with van der Waals surface area (Å²) in [5.41, 5.74) is 1.84. The number of carbonyl (C=O) groups is 2. The maximum atomic E-state index is 14.1. The number of unbranched alkanes of at least 4 members (excludes halogenated alkanes) is 1. The monoisotopic (exact) mass is 599 g/mol. The molecular formula is C31H38ClN3O5S. The molecule has 3 rings (SSSR count). The zero-order chi connectivity index (χ0) is 30.0. The fourth-order valence-electron chi connectivity index (χ4n) is 4.36. The number of methoxy groups -OCH3 is 1. The molecule has 0 spiro atoms. The third kappa shape index (κ3) is 8.24. The van der Waals surface area contributed by atoms with E-state index in [9.17, 15) is 18.0 Å². The summed E-state index contributed by atoms with van der Waals surface area (Å²) in [6.07, 6.45) is 2.07. The van der Waals surface area contributed by atoms with Crippen LogP contribution in [0, 0.1) is 6.92 Å². The second-order valence-corrected chi connectivity index (χ2v) is 12.0. The average Bonchev–Trinajstić information content (AvgIpc) is 2.96. The van der Waals surface area contributed by atoms with Gasteiger partial charge in [0.2, 0.25) is 11.8 Å². The Kier molecular flexibility index (Phi) is 11.6. The Morgan fingerprint density at radius 3 is 2.22 bits per heavy atom. The van der Waals surface area contributed by atoms with Crippen LogP contribution >= 0.6 is 11.6 Å². The van der Waals surface area contributed by atoms with Gasteiger partial charge in [-0.05, 0) is 61.7 Å². The molecule has 41 heavy (non-hydrogen) atoms. The van der Waals surface area contributed by atoms with Crippen molar-refractivity contribution in [3.63, 3.8) is 0 Å². The Morgan fingerprint density at radius 1 is 0.976 bits per heavy atom. The Balaban J connectivity index is 2.04. The van der Waals surface area contributed by atoms with Crippen LogP contribution in [0.15, 0.2) is 77.7 Å². The molecular weight excluding hydrogens is 562 g/mol. The van der Waals surface area contributed by atoms with Crippen LogP contribution < -0.4 is 14.4 Å². The number of hydrogen-bond acceptors (Lipinski definition) is 5. The molecule has 0 unspecified atom stereocenters. The molecule has 1 atom stereocenters. The summed E-state index contributed by atoms with van der Waals surface area (Å²) in [6.45, 7) is 5.76. The maximum absolute atomic E-state index is 14.1. The number of aryl methyl sites for hydroxylation is 1. The molecule has 2 amide bonds. The predicted octanol–water partition coefficient (Wildman–Crippen LogP) is 5.58. The van der Waals surface area contributed by atoms with Crippen molar-refractivity contribution < 1.29 is 22.7 Å². The van der Waals surface area contributed by atoms with Crippen molar-refractivity contribution in [2.24, 2.45) is 0 Å². The van der Waals surface area contributed by atoms with E-state index in [-0.39, 0.29) is 28.1 Å². The number of hydrogen-bond donors (Lipinski definition) is 1. The molecule has 0 aliphatic rings. The van der Waals surface area contributed by atoms with Crippen molar-refractivity contribution in [2.75, 3.05) is 24.5 Å². The van der Waals surface area contributed by atoms with Gasteiger partial charge in [0.05, 0.1) is 22.7 Å². The summed E-state index contributed by atoms with van der Waals surface area (Å²) in [4.78, 5) is 28.8. The SMILES string of the molecule is CCCCNC(=O)[C@@H](CC)N(Cc1ccc(OC)cc1)C(=O)CN(c1ccccc1Cl)S(=O)(=O)c1ccc(C)cc1. The van der Waals surface area contributed by atoms with Gasteiger partial charge < -0.3 is 15.0 Å². The number of amides is 2. The lowest BCUT2D eigenvalue weighted by molar-refractivity contribution is -0.140. The first-order chi connectivity index (χ1) is 19.6. The van der Waals surface area contributed by atoms with Gasteiger partial charge in [0.25, 0.3) is 10.0 Å². The van der Waals surface area contributed by atoms with Crippen LogP contribution in [0.5, 0.6) is 5.75 Å². The highest BCUT2D eigenvalue weighted by molar-refractivity contribution is 7.92. The quantitative estimate of drug-likeness (QED) is 0.244. The number of para-hydroxylation sites is 1. The first-order valence-electron chi connectivity index (χ1n) is 13.7. The van der Waals surface area contributed by atoms with E-state index in [4.69, 9.17) is 16.3 Å². The second-order valence-electron chi connectivity index (χ2n) is 9.71. The van der Waals surface area contributed by atoms with Crippen LogP contribution in [0.4, 0.5) is 5.69 Å². The fourth-order valence-corrected chi connectivity index (χ4v) is 6.08. The van der Waals surface area contributed by atoms with Gasteiger partial charge >= 0.3 is 0 Å². The number of nitrogens with one attached hydrogen (secondary N) is 1. The topological polar surface area (TPSA) is 96.0 Å². The van der Waals surface area contributed by atoms with E-state index < -0.39 is 28.5 Å². The average molecular weight is 600 g/mol. The third-order valence-corrected chi connectivity index (χ3v) is 8.83. The fraction of sp³-hybridized carbons (Fsp3) is 0.355. The number of sulfonamides is 1. The predicted molar refractivity (Wildman–Crippen MR) is 163 cm³/mol. The van der Waals surface area contributed by atoms with Crippen LogP contribution in [0.3, 0.4) is 0 Å². The summed E-state index contributed by atoms with van der Waals surface area (Å²) < 4.78 is 34.1. The Bertz CT molecular complexity index is 1410. The van der Waals surface area contributed by atoms with Gasteiger partial charge in [-0.25, -0.2) is 8.42 Å². The van der Waals surface area contributed by atoms with Gasteiger partial charge in [0, 0.05) is 13.1 Å². The molecule has 0 saturated carbocycles. The number of benzene rings is 3. The van der Waals surface area contributed by atoms with Crippen molar-refractivity contribution in [1.29, 1.82) is 0 Å². The number of rotatable bonds is 14. The van der Waals surface area contributed by atoms with Crippen molar-refractivity contribution in [1.82, 2.24) is 10.2 Å². The maximum Gasteiger partial charge on any atom is 0.264 e. The molecule has 0 heterocycles. The van der Waals surface area contributed by atoms with E-state index in [1.54, 1.807) is 55.6 Å². The van der Waals surface area contributed by atoms with E-state index >= 15 is 0 Å². The van der Waals surface area contributed by atoms with Crippen molar-refractivity contribution in [3.8, 4) is 5.75 Å². The smallest absolute Gasteiger partial charge is 0.264 e. The molecule has 3 aromatic carbocycles. The van der Waals surface area contributed by atoms with Gasteiger partial charge in [-0.15, -0.1) is 0 Å². The number of ether oxygens (including phenoxy) is 1. The van der Waals surface area contributed by atoms with Gasteiger partial charge in [-0.2, -0.15) is 0 Å². The number of anilines is 1. The molecule has 8 nitrogen and oxygen atoms in total. The largest absolute Gasteiger partial charge is 0.497 e. The van der Waals surface area contributed by atoms with Gasteiger partial charge in [0.15, 0.2) is 0 Å². The number of carbonyl (C=O) groups excluding carboxylic acids is 2. The van der Waals surface area contributed by atoms with Gasteiger partial charge in [-0.3, -0.25) is 13.9 Å². The minimum Gasteiger partial charge on any atom is -0.497 e. The lowest BCUT2D eigenvalue weighted by Crippen LogP contribution is -2.52. The van der Waals surface area contributed by atoms with Crippen LogP contribution in [-0.4, -0.2) is 51.4 Å². The molecule has 0 fully saturated rings. The Morgan fingerprint density at radius 2 is 1.63 bits per heavy atom. The molecule has 220 valence electrons. The van der Waals surface area contributed by atoms with Crippen LogP contribution in [0.2, 0.25) is 5.02 Å². The summed E-state index contributed by atoms with van der Waals surface area (Å²) in [5.74, 6) is -0.160. The molecule has 0 aromatic heterocycles. The standard InChI is InChI=1S/C31H38ClN3O5S/c1-5-7-20-33-31(37)28(6-2)34(21-24-14-16-25(40-4)17-15-24)30(36)22-35(29-11-9-8-10-27(29)32)41(38,39)26-18-12-23(3)13-19-26/h8-19,28H,5-7,20-22H2,1-4H3,(H,33,37)/t28-/m1/s1. The van der Waals surface area contributed by atoms with Crippen LogP contribution in [0.25, 0.3) is 0 Å². The lowest BCUT2D eigenvalue weighted by atomic mass is 10.1. The molecule has 3 aromatic rings. The normalized spacial score (nSPS) is 11.9. The Hall–Kier alpha value is -3.56. The molecule has 0 bridgehead atoms. The minimum atomic E-state index is -4.19. The summed E-state index contributed by atoms with van der Waals surface area (Å²) in [5, 5.41) is 3.11. The van der Waals surface area contributed by atoms with Crippen LogP contribution in [0.1, 0.15) is 44.2 Å². The molecule has 0 aliphatic carbocycles. The molecule has 10 heteroatoms. The van der Waals surface area contributed by atoms with Crippen molar-refractivity contribution in [2.45, 2.75) is 57.5 Å². The van der Waals surface area contributed by atoms with Gasteiger partial charge in [0.1, 0.15) is 18.3 Å². The highest BCUT2D eigenvalue weighted by Crippen LogP contribution is 2.31. The summed E-state index contributed by atoms with van der Waals surface area (Å²) in [7, 11) is -2.62. The highest BCUT2D eigenvalue weighted by atomic mass is 35.5. The number of nitrogens with zero attached hydrogens (tertiary/aromatic N) is 2. The first-order valence-corrected chi connectivity index (χ1v) is 15.5. The molecule has 0 saturated heterocycles. The molecule has 1 N–H and O–H groups in total. The second kappa shape index (κ2) is 14.9. The highest BCUT2D eigenvalue weighted by Gasteiger charge is 2.34. The summed E-state index contributed by atoms with van der Waals surface area (Å²) >= 11 is 6.46. The van der Waals surface area contributed by atoms with Crippen LogP contribution in [-0.2, 0) is 26.2 Å². The van der Waals surface area contributed by atoms with E-state index in [1.807, 2.05) is 32.9 Å². The third-order valence-electron chi connectivity index (χ3n) is 6.74. The van der Waals surface area contributed by atoms with E-state index in [2.05, 4.69) is 5.32 Å². The van der Waals surface area contributed by atoms with E-state index in [0.29, 0.717) is 18.7 Å². The van der Waals surface area contributed by atoms with E-state index in [1.165, 1.54) is 17.0 Å². The van der Waals surface area contributed by atoms with Gasteiger partial charge in [-0.1, -0.05) is 73.8 Å².